The molecule has 2 nitrogen and oxygen atoms in total. The first-order valence-corrected chi connectivity index (χ1v) is 6.59. The van der Waals surface area contributed by atoms with Crippen molar-refractivity contribution in [2.24, 2.45) is 11.8 Å². The van der Waals surface area contributed by atoms with Crippen molar-refractivity contribution in [2.75, 3.05) is 13.2 Å². The van der Waals surface area contributed by atoms with Crippen molar-refractivity contribution in [3.8, 4) is 0 Å². The van der Waals surface area contributed by atoms with E-state index in [0.29, 0.717) is 6.04 Å². The summed E-state index contributed by atoms with van der Waals surface area (Å²) in [6, 6.07) is 1.54. The summed E-state index contributed by atoms with van der Waals surface area (Å²) in [4.78, 5) is 0. The molecule has 2 unspecified atom stereocenters. The first-order valence-electron chi connectivity index (χ1n) is 6.59. The number of ether oxygens (including phenoxy) is 1. The third kappa shape index (κ3) is 3.76. The van der Waals surface area contributed by atoms with Crippen molar-refractivity contribution in [3.63, 3.8) is 0 Å². The second-order valence-corrected chi connectivity index (χ2v) is 5.50. The lowest BCUT2D eigenvalue weighted by molar-refractivity contribution is 0.0576. The molecule has 1 saturated heterocycles. The van der Waals surface area contributed by atoms with Crippen molar-refractivity contribution >= 4 is 0 Å². The van der Waals surface area contributed by atoms with Crippen LogP contribution in [0.5, 0.6) is 0 Å². The van der Waals surface area contributed by atoms with Gasteiger partial charge in [0.1, 0.15) is 0 Å². The van der Waals surface area contributed by atoms with Crippen molar-refractivity contribution in [2.45, 2.75) is 58.0 Å². The minimum Gasteiger partial charge on any atom is -0.381 e. The highest BCUT2D eigenvalue weighted by molar-refractivity contribution is 4.85. The van der Waals surface area contributed by atoms with Crippen LogP contribution in [-0.2, 0) is 4.74 Å². The van der Waals surface area contributed by atoms with Crippen LogP contribution in [0, 0.1) is 11.8 Å². The van der Waals surface area contributed by atoms with Gasteiger partial charge in [-0.15, -0.1) is 0 Å². The lowest BCUT2D eigenvalue weighted by Crippen LogP contribution is -2.35. The van der Waals surface area contributed by atoms with Gasteiger partial charge in [0, 0.05) is 25.3 Å². The Hall–Kier alpha value is -0.0800. The minimum atomic E-state index is 0.695. The van der Waals surface area contributed by atoms with Crippen LogP contribution in [0.1, 0.15) is 46.0 Å². The fraction of sp³-hybridized carbons (Fsp3) is 1.00. The van der Waals surface area contributed by atoms with Crippen LogP contribution in [0.3, 0.4) is 0 Å². The van der Waals surface area contributed by atoms with Gasteiger partial charge >= 0.3 is 0 Å². The molecule has 1 aliphatic carbocycles. The Labute approximate surface area is 93.8 Å². The lowest BCUT2D eigenvalue weighted by atomic mass is 9.86. The molecule has 0 aromatic rings. The van der Waals surface area contributed by atoms with Gasteiger partial charge in [-0.3, -0.25) is 0 Å². The quantitative estimate of drug-likeness (QED) is 0.754. The summed E-state index contributed by atoms with van der Waals surface area (Å²) in [6.45, 7) is 6.72. The number of nitrogens with one attached hydrogen (secondary N) is 1. The zero-order valence-electron chi connectivity index (χ0n) is 10.2. The Balaban J connectivity index is 1.66. The van der Waals surface area contributed by atoms with Crippen molar-refractivity contribution < 1.29 is 4.74 Å². The molecule has 1 heterocycles. The highest BCUT2D eigenvalue weighted by atomic mass is 16.5. The van der Waals surface area contributed by atoms with E-state index in [2.05, 4.69) is 19.2 Å². The van der Waals surface area contributed by atoms with Crippen LogP contribution < -0.4 is 5.32 Å². The third-order valence-electron chi connectivity index (χ3n) is 3.98. The summed E-state index contributed by atoms with van der Waals surface area (Å²) in [7, 11) is 0. The molecule has 2 aliphatic rings. The van der Waals surface area contributed by atoms with Crippen molar-refractivity contribution in [1.82, 2.24) is 5.32 Å². The zero-order chi connectivity index (χ0) is 10.7. The smallest absolute Gasteiger partial charge is 0.0468 e. The van der Waals surface area contributed by atoms with E-state index in [1.165, 1.54) is 32.1 Å². The molecule has 88 valence electrons. The normalized spacial score (nSPS) is 27.6. The molecule has 0 aromatic heterocycles. The Kier molecular flexibility index (Phi) is 4.04. The molecule has 0 radical (unpaired) electrons. The molecule has 0 aromatic carbocycles. The van der Waals surface area contributed by atoms with Crippen molar-refractivity contribution in [1.29, 1.82) is 0 Å². The monoisotopic (exact) mass is 211 g/mol. The van der Waals surface area contributed by atoms with Crippen LogP contribution in [0.4, 0.5) is 0 Å². The van der Waals surface area contributed by atoms with Gasteiger partial charge in [0.15, 0.2) is 0 Å². The highest BCUT2D eigenvalue weighted by Crippen LogP contribution is 2.26. The van der Waals surface area contributed by atoms with E-state index in [-0.39, 0.29) is 0 Å². The van der Waals surface area contributed by atoms with Crippen LogP contribution in [0.2, 0.25) is 0 Å². The molecule has 1 aliphatic heterocycles. The summed E-state index contributed by atoms with van der Waals surface area (Å²) in [5.74, 6) is 1.73. The average Bonchev–Trinajstić information content (AvgIpc) is 3.03. The Morgan fingerprint density at radius 2 is 1.80 bits per heavy atom. The highest BCUT2D eigenvalue weighted by Gasteiger charge is 2.26. The molecule has 1 saturated carbocycles. The molecule has 2 rings (SSSR count). The molecular formula is C13H25NO. The van der Waals surface area contributed by atoms with E-state index in [1.807, 2.05) is 0 Å². The minimum absolute atomic E-state index is 0.695. The number of rotatable bonds is 5. The molecule has 2 heteroatoms. The van der Waals surface area contributed by atoms with Crippen LogP contribution in [-0.4, -0.2) is 25.3 Å². The predicted octanol–water partition coefficient (Wildman–Crippen LogP) is 2.58. The summed E-state index contributed by atoms with van der Waals surface area (Å²) in [6.07, 6.45) is 6.73. The second-order valence-electron chi connectivity index (χ2n) is 5.50. The van der Waals surface area contributed by atoms with Crippen LogP contribution >= 0.6 is 0 Å². The molecule has 15 heavy (non-hydrogen) atoms. The van der Waals surface area contributed by atoms with E-state index >= 15 is 0 Å². The topological polar surface area (TPSA) is 21.3 Å². The zero-order valence-corrected chi connectivity index (χ0v) is 10.2. The SMILES string of the molecule is CC(CC1CCOCC1)C(C)NC1CC1. The second kappa shape index (κ2) is 5.31. The van der Waals surface area contributed by atoms with Gasteiger partial charge in [-0.25, -0.2) is 0 Å². The van der Waals surface area contributed by atoms with Gasteiger partial charge in [-0.1, -0.05) is 6.92 Å². The Morgan fingerprint density at radius 1 is 1.13 bits per heavy atom. The van der Waals surface area contributed by atoms with E-state index in [9.17, 15) is 0 Å². The summed E-state index contributed by atoms with van der Waals surface area (Å²) >= 11 is 0. The Morgan fingerprint density at radius 3 is 2.40 bits per heavy atom. The first-order chi connectivity index (χ1) is 7.25. The largest absolute Gasteiger partial charge is 0.381 e. The van der Waals surface area contributed by atoms with Crippen LogP contribution in [0.15, 0.2) is 0 Å². The maximum Gasteiger partial charge on any atom is 0.0468 e. The molecule has 0 spiro atoms. The van der Waals surface area contributed by atoms with Crippen LogP contribution in [0.25, 0.3) is 0 Å². The summed E-state index contributed by atoms with van der Waals surface area (Å²) < 4.78 is 5.40. The average molecular weight is 211 g/mol. The molecule has 2 fully saturated rings. The standard InChI is InChI=1S/C13H25NO/c1-10(11(2)14-13-3-4-13)9-12-5-7-15-8-6-12/h10-14H,3-9H2,1-2H3. The van der Waals surface area contributed by atoms with E-state index in [1.54, 1.807) is 0 Å². The van der Waals surface area contributed by atoms with E-state index in [4.69, 9.17) is 4.74 Å². The maximum atomic E-state index is 5.40. The third-order valence-corrected chi connectivity index (χ3v) is 3.98. The van der Waals surface area contributed by atoms with Gasteiger partial charge in [0.05, 0.1) is 0 Å². The summed E-state index contributed by atoms with van der Waals surface area (Å²) in [5.41, 5.74) is 0. The molecule has 0 bridgehead atoms. The predicted molar refractivity (Wildman–Crippen MR) is 62.9 cm³/mol. The fourth-order valence-corrected chi connectivity index (χ4v) is 2.50. The van der Waals surface area contributed by atoms with Gasteiger partial charge in [0.25, 0.3) is 0 Å². The lowest BCUT2D eigenvalue weighted by Gasteiger charge is -2.28. The van der Waals surface area contributed by atoms with Gasteiger partial charge in [0.2, 0.25) is 0 Å². The molecule has 2 atom stereocenters. The number of hydrogen-bond acceptors (Lipinski definition) is 2. The van der Waals surface area contributed by atoms with Gasteiger partial charge in [-0.05, 0) is 50.9 Å². The van der Waals surface area contributed by atoms with E-state index < -0.39 is 0 Å². The maximum absolute atomic E-state index is 5.40. The summed E-state index contributed by atoms with van der Waals surface area (Å²) in [5, 5.41) is 3.71. The molecule has 0 amide bonds. The Bertz CT molecular complexity index is 185. The van der Waals surface area contributed by atoms with Gasteiger partial charge < -0.3 is 10.1 Å². The van der Waals surface area contributed by atoms with Gasteiger partial charge in [-0.2, -0.15) is 0 Å². The van der Waals surface area contributed by atoms with Crippen molar-refractivity contribution in [3.05, 3.63) is 0 Å². The number of hydrogen-bond donors (Lipinski definition) is 1. The fourth-order valence-electron chi connectivity index (χ4n) is 2.50. The first kappa shape index (κ1) is 11.4. The molecular weight excluding hydrogens is 186 g/mol. The van der Waals surface area contributed by atoms with E-state index in [0.717, 1.165) is 31.1 Å². The molecule has 1 N–H and O–H groups in total.